The van der Waals surface area contributed by atoms with Crippen molar-refractivity contribution in [2.75, 3.05) is 9.80 Å². The number of nitrogens with zero attached hydrogens (tertiary/aromatic N) is 2. The molecule has 4 nitrogen and oxygen atoms in total. The molecule has 0 fully saturated rings. The maximum atomic E-state index is 6.85. The summed E-state index contributed by atoms with van der Waals surface area (Å²) >= 11 is 0. The number of benzene rings is 8. The molecular formula is C58H42N2O2. The van der Waals surface area contributed by atoms with Crippen LogP contribution in [0.25, 0.3) is 27.8 Å². The van der Waals surface area contributed by atoms with E-state index >= 15 is 0 Å². The van der Waals surface area contributed by atoms with Gasteiger partial charge in [0.05, 0.1) is 5.92 Å². The fourth-order valence-electron chi connectivity index (χ4n) is 8.95. The van der Waals surface area contributed by atoms with Gasteiger partial charge in [0.1, 0.15) is 23.0 Å². The average molecular weight is 799 g/mol. The Hall–Kier alpha value is -8.08. The molecule has 0 spiro atoms. The average Bonchev–Trinajstić information content (AvgIpc) is 3.34. The van der Waals surface area contributed by atoms with Gasteiger partial charge in [0.15, 0.2) is 0 Å². The number of hydrogen-bond acceptors (Lipinski definition) is 4. The molecule has 1 heterocycles. The van der Waals surface area contributed by atoms with Gasteiger partial charge in [-0.2, -0.15) is 0 Å². The third-order valence-corrected chi connectivity index (χ3v) is 11.9. The van der Waals surface area contributed by atoms with Crippen LogP contribution in [0.5, 0.6) is 11.5 Å². The fraction of sp³-hybridized carbons (Fsp3) is 0.0345. The summed E-state index contributed by atoms with van der Waals surface area (Å²) in [6.45, 7) is 0. The molecule has 11 rings (SSSR count). The van der Waals surface area contributed by atoms with Crippen molar-refractivity contribution in [3.63, 3.8) is 0 Å². The van der Waals surface area contributed by atoms with Gasteiger partial charge in [-0.3, -0.25) is 0 Å². The lowest BCUT2D eigenvalue weighted by Gasteiger charge is -2.39. The quantitative estimate of drug-likeness (QED) is 0.138. The maximum Gasteiger partial charge on any atom is 0.136 e. The third kappa shape index (κ3) is 7.08. The summed E-state index contributed by atoms with van der Waals surface area (Å²) in [4.78, 5) is 4.56. The Balaban J connectivity index is 0.903. The van der Waals surface area contributed by atoms with E-state index in [4.69, 9.17) is 9.47 Å². The lowest BCUT2D eigenvalue weighted by molar-refractivity contribution is 0.290. The highest BCUT2D eigenvalue weighted by Gasteiger charge is 2.40. The molecular weight excluding hydrogens is 757 g/mol. The van der Waals surface area contributed by atoms with Crippen LogP contribution >= 0.6 is 0 Å². The van der Waals surface area contributed by atoms with Gasteiger partial charge < -0.3 is 19.3 Å². The van der Waals surface area contributed by atoms with Crippen LogP contribution in [-0.2, 0) is 0 Å². The van der Waals surface area contributed by atoms with Crippen LogP contribution in [-0.4, -0.2) is 0 Å². The number of hydrogen-bond donors (Lipinski definition) is 0. The molecule has 8 aromatic rings. The van der Waals surface area contributed by atoms with E-state index in [9.17, 15) is 0 Å². The van der Waals surface area contributed by atoms with Gasteiger partial charge in [-0.15, -0.1) is 0 Å². The van der Waals surface area contributed by atoms with Gasteiger partial charge in [-0.25, -0.2) is 0 Å². The summed E-state index contributed by atoms with van der Waals surface area (Å²) in [6.07, 6.45) is 10.8. The van der Waals surface area contributed by atoms with Crippen molar-refractivity contribution in [2.24, 2.45) is 11.8 Å². The number of para-hydroxylation sites is 2. The smallest absolute Gasteiger partial charge is 0.136 e. The van der Waals surface area contributed by atoms with Crippen molar-refractivity contribution in [2.45, 2.75) is 0 Å². The fourth-order valence-corrected chi connectivity index (χ4v) is 8.95. The van der Waals surface area contributed by atoms with Crippen molar-refractivity contribution in [3.8, 4) is 33.8 Å². The van der Waals surface area contributed by atoms with E-state index in [0.29, 0.717) is 0 Å². The minimum Gasteiger partial charge on any atom is -0.461 e. The molecule has 0 saturated heterocycles. The zero-order valence-electron chi connectivity index (χ0n) is 34.0. The highest BCUT2D eigenvalue weighted by Crippen LogP contribution is 2.52. The second-order valence-corrected chi connectivity index (χ2v) is 15.7. The van der Waals surface area contributed by atoms with Gasteiger partial charge in [0.25, 0.3) is 0 Å². The highest BCUT2D eigenvalue weighted by atomic mass is 16.5. The lowest BCUT2D eigenvalue weighted by Crippen LogP contribution is -2.30. The first-order valence-corrected chi connectivity index (χ1v) is 21.2. The summed E-state index contributed by atoms with van der Waals surface area (Å²) < 4.78 is 13.7. The first-order chi connectivity index (χ1) is 30.7. The van der Waals surface area contributed by atoms with E-state index in [1.165, 1.54) is 27.8 Å². The third-order valence-electron chi connectivity index (χ3n) is 11.9. The number of rotatable bonds is 10. The molecule has 0 aromatic heterocycles. The van der Waals surface area contributed by atoms with E-state index in [0.717, 1.165) is 62.7 Å². The molecule has 296 valence electrons. The number of ether oxygens (including phenoxy) is 2. The minimum atomic E-state index is -0.0220. The summed E-state index contributed by atoms with van der Waals surface area (Å²) in [5.41, 5.74) is 13.4. The molecule has 2 atom stereocenters. The topological polar surface area (TPSA) is 24.9 Å². The van der Waals surface area contributed by atoms with Crippen molar-refractivity contribution in [1.29, 1.82) is 0 Å². The zero-order valence-corrected chi connectivity index (χ0v) is 34.0. The Labute approximate surface area is 362 Å². The van der Waals surface area contributed by atoms with Crippen LogP contribution in [0.15, 0.2) is 254 Å². The molecule has 8 aromatic carbocycles. The van der Waals surface area contributed by atoms with Crippen molar-refractivity contribution >= 4 is 39.7 Å². The largest absolute Gasteiger partial charge is 0.461 e. The monoisotopic (exact) mass is 798 g/mol. The van der Waals surface area contributed by atoms with Gasteiger partial charge in [-0.05, 0) is 113 Å². The Morgan fingerprint density at radius 3 is 1.47 bits per heavy atom. The lowest BCUT2D eigenvalue weighted by atomic mass is 9.73. The predicted octanol–water partition coefficient (Wildman–Crippen LogP) is 15.4. The molecule has 0 radical (unpaired) electrons. The van der Waals surface area contributed by atoms with Crippen LogP contribution < -0.4 is 19.3 Å². The second-order valence-electron chi connectivity index (χ2n) is 15.7. The Bertz CT molecular complexity index is 2990. The zero-order chi connectivity index (χ0) is 41.2. The summed E-state index contributed by atoms with van der Waals surface area (Å²) in [5.74, 6) is 3.40. The van der Waals surface area contributed by atoms with Gasteiger partial charge in [-0.1, -0.05) is 146 Å². The van der Waals surface area contributed by atoms with Crippen LogP contribution in [0.4, 0.5) is 34.1 Å². The van der Waals surface area contributed by atoms with Crippen LogP contribution in [0, 0.1) is 11.8 Å². The normalized spacial score (nSPS) is 15.8. The van der Waals surface area contributed by atoms with Crippen molar-refractivity contribution in [3.05, 3.63) is 260 Å². The number of anilines is 6. The van der Waals surface area contributed by atoms with Gasteiger partial charge in [0.2, 0.25) is 0 Å². The predicted molar refractivity (Wildman–Crippen MR) is 255 cm³/mol. The Morgan fingerprint density at radius 2 is 0.887 bits per heavy atom. The van der Waals surface area contributed by atoms with E-state index in [2.05, 4.69) is 240 Å². The van der Waals surface area contributed by atoms with E-state index in [1.54, 1.807) is 0 Å². The van der Waals surface area contributed by atoms with Gasteiger partial charge in [0, 0.05) is 57.7 Å². The van der Waals surface area contributed by atoms with Crippen LogP contribution in [0.2, 0.25) is 0 Å². The molecule has 2 aliphatic carbocycles. The van der Waals surface area contributed by atoms with Crippen molar-refractivity contribution < 1.29 is 9.47 Å². The molecule has 1 aliphatic heterocycles. The van der Waals surface area contributed by atoms with Gasteiger partial charge >= 0.3 is 0 Å². The molecule has 0 amide bonds. The first-order valence-electron chi connectivity index (χ1n) is 21.2. The van der Waals surface area contributed by atoms with E-state index in [-0.39, 0.29) is 11.8 Å². The highest BCUT2D eigenvalue weighted by molar-refractivity contribution is 5.85. The maximum absolute atomic E-state index is 6.85. The number of allylic oxidation sites excluding steroid dienone is 6. The van der Waals surface area contributed by atoms with E-state index < -0.39 is 0 Å². The molecule has 4 heteroatoms. The summed E-state index contributed by atoms with van der Waals surface area (Å²) in [6, 6.07) is 74.5. The molecule has 0 bridgehead atoms. The molecule has 3 aliphatic rings. The molecule has 0 saturated carbocycles. The SMILES string of the molecule is C1=CC2C(Oc3cccc(N(c4ccccc4)c4ccc(-c5ccccc5)cc4)c3)=CC=C3c4ccc(N(c5ccccc5)c5ccc(-c6ccccc6)cc5)cc4OC(=C1)C32. The van der Waals surface area contributed by atoms with Crippen molar-refractivity contribution in [1.82, 2.24) is 0 Å². The standard InChI is InChI=1S/C58H42N2O2/c1-5-15-41(16-6-1)43-27-31-47(32-28-43)59(45-19-9-3-10-20-45)49-23-13-24-51(39-49)61-55-38-37-53-52-36-35-50(40-57(52)62-56-26-14-25-54(55)58(53)56)60(46-21-11-4-12-22-46)48-33-29-44(30-34-48)42-17-7-2-8-18-42/h1-40,54,58H. The van der Waals surface area contributed by atoms with Crippen LogP contribution in [0.1, 0.15) is 5.56 Å². The summed E-state index contributed by atoms with van der Waals surface area (Å²) in [5, 5.41) is 0. The first kappa shape index (κ1) is 37.0. The molecule has 2 unspecified atom stereocenters. The summed E-state index contributed by atoms with van der Waals surface area (Å²) in [7, 11) is 0. The van der Waals surface area contributed by atoms with Crippen LogP contribution in [0.3, 0.4) is 0 Å². The number of fused-ring (bicyclic) bond motifs is 2. The molecule has 62 heavy (non-hydrogen) atoms. The Morgan fingerprint density at radius 1 is 0.403 bits per heavy atom. The second kappa shape index (κ2) is 16.2. The van der Waals surface area contributed by atoms with E-state index in [1.807, 2.05) is 12.1 Å². The Kier molecular flexibility index (Phi) is 9.64. The minimum absolute atomic E-state index is 0.00114. The molecule has 0 N–H and O–H groups in total.